The highest BCUT2D eigenvalue weighted by atomic mass is 19.1. The van der Waals surface area contributed by atoms with Gasteiger partial charge in [-0.15, -0.1) is 0 Å². The Balaban J connectivity index is 2.03. The summed E-state index contributed by atoms with van der Waals surface area (Å²) in [6.07, 6.45) is 6.33. The van der Waals surface area contributed by atoms with Crippen LogP contribution in [0.2, 0.25) is 0 Å². The molecule has 1 fully saturated rings. The Morgan fingerprint density at radius 1 is 1.62 bits per heavy atom. The summed E-state index contributed by atoms with van der Waals surface area (Å²) >= 11 is 0. The smallest absolute Gasteiger partial charge is 0.141 e. The second kappa shape index (κ2) is 5.37. The van der Waals surface area contributed by atoms with E-state index in [1.54, 1.807) is 6.20 Å². The average Bonchev–Trinajstić information content (AvgIpc) is 2.78. The van der Waals surface area contributed by atoms with Crippen molar-refractivity contribution in [2.75, 3.05) is 13.7 Å². The van der Waals surface area contributed by atoms with Crippen LogP contribution in [0.5, 0.6) is 0 Å². The number of ether oxygens (including phenoxy) is 1. The highest BCUT2D eigenvalue weighted by Gasteiger charge is 2.21. The van der Waals surface area contributed by atoms with E-state index in [0.717, 1.165) is 31.4 Å². The van der Waals surface area contributed by atoms with Gasteiger partial charge in [-0.1, -0.05) is 0 Å². The van der Waals surface area contributed by atoms with Crippen LogP contribution in [0.15, 0.2) is 18.5 Å². The van der Waals surface area contributed by atoms with Crippen molar-refractivity contribution in [3.8, 4) is 0 Å². The molecule has 0 spiro atoms. The van der Waals surface area contributed by atoms with Crippen molar-refractivity contribution in [3.05, 3.63) is 29.8 Å². The summed E-state index contributed by atoms with van der Waals surface area (Å²) in [4.78, 5) is 3.87. The summed E-state index contributed by atoms with van der Waals surface area (Å²) in [5.74, 6) is -0.287. The van der Waals surface area contributed by atoms with Crippen molar-refractivity contribution in [1.82, 2.24) is 10.3 Å². The van der Waals surface area contributed by atoms with Crippen LogP contribution in [-0.2, 0) is 4.74 Å². The van der Waals surface area contributed by atoms with Crippen molar-refractivity contribution in [1.29, 1.82) is 0 Å². The lowest BCUT2D eigenvalue weighted by Gasteiger charge is -2.19. The van der Waals surface area contributed by atoms with Crippen LogP contribution >= 0.6 is 0 Å². The average molecular weight is 224 g/mol. The van der Waals surface area contributed by atoms with Gasteiger partial charge in [0.25, 0.3) is 0 Å². The van der Waals surface area contributed by atoms with Gasteiger partial charge in [0.2, 0.25) is 0 Å². The lowest BCUT2D eigenvalue weighted by atomic mass is 10.0. The van der Waals surface area contributed by atoms with Gasteiger partial charge in [0, 0.05) is 18.8 Å². The van der Waals surface area contributed by atoms with Crippen LogP contribution < -0.4 is 5.32 Å². The minimum absolute atomic E-state index is 0.117. The maximum atomic E-state index is 13.1. The zero-order chi connectivity index (χ0) is 11.4. The second-order valence-electron chi connectivity index (χ2n) is 4.15. The van der Waals surface area contributed by atoms with Gasteiger partial charge in [0.15, 0.2) is 0 Å². The monoisotopic (exact) mass is 224 g/mol. The van der Waals surface area contributed by atoms with E-state index in [4.69, 9.17) is 4.74 Å². The summed E-state index contributed by atoms with van der Waals surface area (Å²) in [6, 6.07) is 1.65. The van der Waals surface area contributed by atoms with Crippen molar-refractivity contribution in [2.45, 2.75) is 31.4 Å². The molecule has 0 radical (unpaired) electrons. The van der Waals surface area contributed by atoms with Gasteiger partial charge >= 0.3 is 0 Å². The first-order valence-electron chi connectivity index (χ1n) is 5.69. The van der Waals surface area contributed by atoms with Crippen LogP contribution in [-0.4, -0.2) is 24.7 Å². The van der Waals surface area contributed by atoms with Crippen LogP contribution in [0.1, 0.15) is 30.9 Å². The van der Waals surface area contributed by atoms with Crippen molar-refractivity contribution in [2.24, 2.45) is 0 Å². The third-order valence-electron chi connectivity index (χ3n) is 3.00. The molecule has 3 nitrogen and oxygen atoms in total. The Morgan fingerprint density at radius 2 is 2.50 bits per heavy atom. The number of aromatic nitrogens is 1. The molecule has 1 aliphatic rings. The van der Waals surface area contributed by atoms with Crippen molar-refractivity contribution >= 4 is 0 Å². The number of halogens is 1. The van der Waals surface area contributed by atoms with Gasteiger partial charge in [-0.05, 0) is 37.9 Å². The summed E-state index contributed by atoms with van der Waals surface area (Å²) < 4.78 is 18.6. The van der Waals surface area contributed by atoms with Gasteiger partial charge < -0.3 is 10.1 Å². The highest BCUT2D eigenvalue weighted by Crippen LogP contribution is 2.24. The fourth-order valence-corrected chi connectivity index (χ4v) is 2.13. The van der Waals surface area contributed by atoms with E-state index in [2.05, 4.69) is 10.3 Å². The first-order valence-corrected chi connectivity index (χ1v) is 5.69. The van der Waals surface area contributed by atoms with Gasteiger partial charge in [-0.2, -0.15) is 0 Å². The Hall–Kier alpha value is -1.00. The molecule has 1 aromatic rings. The number of nitrogens with zero attached hydrogens (tertiary/aromatic N) is 1. The lowest BCUT2D eigenvalue weighted by molar-refractivity contribution is 0.0953. The van der Waals surface area contributed by atoms with Gasteiger partial charge in [-0.25, -0.2) is 4.39 Å². The number of hydrogen-bond acceptors (Lipinski definition) is 3. The first-order chi connectivity index (χ1) is 7.79. The van der Waals surface area contributed by atoms with Gasteiger partial charge in [0.1, 0.15) is 5.82 Å². The number of rotatable bonds is 4. The predicted octanol–water partition coefficient (Wildman–Crippen LogP) is 2.05. The number of hydrogen-bond donors (Lipinski definition) is 1. The molecule has 16 heavy (non-hydrogen) atoms. The van der Waals surface area contributed by atoms with Crippen LogP contribution in [0.3, 0.4) is 0 Å². The van der Waals surface area contributed by atoms with Gasteiger partial charge in [0.05, 0.1) is 12.3 Å². The number of pyridine rings is 1. The number of nitrogens with one attached hydrogen (secondary N) is 1. The van der Waals surface area contributed by atoms with Gasteiger partial charge in [-0.3, -0.25) is 4.98 Å². The SMILES string of the molecule is CNC(CC1CCCO1)c1cncc(F)c1. The molecule has 0 aliphatic carbocycles. The standard InChI is InChI=1S/C12H17FN2O/c1-14-12(6-11-3-2-4-16-11)9-5-10(13)8-15-7-9/h5,7-8,11-12,14H,2-4,6H2,1H3. The molecular weight excluding hydrogens is 207 g/mol. The zero-order valence-corrected chi connectivity index (χ0v) is 9.45. The third-order valence-corrected chi connectivity index (χ3v) is 3.00. The minimum atomic E-state index is -0.287. The molecule has 0 amide bonds. The Morgan fingerprint density at radius 3 is 3.12 bits per heavy atom. The quantitative estimate of drug-likeness (QED) is 0.850. The van der Waals surface area contributed by atoms with Crippen molar-refractivity contribution < 1.29 is 9.13 Å². The molecule has 2 unspecified atom stereocenters. The summed E-state index contributed by atoms with van der Waals surface area (Å²) in [5.41, 5.74) is 0.887. The van der Waals surface area contributed by atoms with E-state index in [9.17, 15) is 4.39 Å². The van der Waals surface area contributed by atoms with E-state index in [1.807, 2.05) is 7.05 Å². The highest BCUT2D eigenvalue weighted by molar-refractivity contribution is 5.15. The molecule has 0 saturated carbocycles. The molecule has 0 bridgehead atoms. The molecule has 0 aromatic carbocycles. The second-order valence-corrected chi connectivity index (χ2v) is 4.15. The zero-order valence-electron chi connectivity index (χ0n) is 9.45. The molecule has 2 rings (SSSR count). The van der Waals surface area contributed by atoms with Crippen LogP contribution in [0, 0.1) is 5.82 Å². The summed E-state index contributed by atoms with van der Waals surface area (Å²) in [6.45, 7) is 0.850. The Labute approximate surface area is 95.0 Å². The molecule has 88 valence electrons. The molecule has 1 aliphatic heterocycles. The van der Waals surface area contributed by atoms with E-state index < -0.39 is 0 Å². The normalized spacial score (nSPS) is 22.2. The molecule has 1 saturated heterocycles. The van der Waals surface area contributed by atoms with E-state index in [-0.39, 0.29) is 11.9 Å². The largest absolute Gasteiger partial charge is 0.378 e. The fourth-order valence-electron chi connectivity index (χ4n) is 2.13. The molecule has 2 heterocycles. The van der Waals surface area contributed by atoms with Crippen LogP contribution in [0.4, 0.5) is 4.39 Å². The molecule has 1 aromatic heterocycles. The predicted molar refractivity (Wildman–Crippen MR) is 59.6 cm³/mol. The molecule has 4 heteroatoms. The maximum Gasteiger partial charge on any atom is 0.141 e. The minimum Gasteiger partial charge on any atom is -0.378 e. The topological polar surface area (TPSA) is 34.1 Å². The molecular formula is C12H17FN2O. The van der Waals surface area contributed by atoms with E-state index >= 15 is 0 Å². The van der Waals surface area contributed by atoms with E-state index in [1.165, 1.54) is 12.3 Å². The van der Waals surface area contributed by atoms with E-state index in [0.29, 0.717) is 6.10 Å². The first kappa shape index (κ1) is 11.5. The Bertz CT molecular complexity index is 340. The third kappa shape index (κ3) is 2.77. The Kier molecular flexibility index (Phi) is 3.85. The maximum absolute atomic E-state index is 13.1. The molecule has 2 atom stereocenters. The molecule has 1 N–H and O–H groups in total. The van der Waals surface area contributed by atoms with Crippen molar-refractivity contribution in [3.63, 3.8) is 0 Å². The fraction of sp³-hybridized carbons (Fsp3) is 0.583. The summed E-state index contributed by atoms with van der Waals surface area (Å²) in [7, 11) is 1.88. The lowest BCUT2D eigenvalue weighted by Crippen LogP contribution is -2.22. The van der Waals surface area contributed by atoms with Crippen LogP contribution in [0.25, 0.3) is 0 Å². The summed E-state index contributed by atoms with van der Waals surface area (Å²) in [5, 5.41) is 3.19.